The van der Waals surface area contributed by atoms with E-state index in [2.05, 4.69) is 18.7 Å². The van der Waals surface area contributed by atoms with Crippen molar-refractivity contribution < 1.29 is 4.42 Å². The number of hydrogen-bond acceptors (Lipinski definition) is 3. The summed E-state index contributed by atoms with van der Waals surface area (Å²) in [6, 6.07) is 4.54. The van der Waals surface area contributed by atoms with Gasteiger partial charge in [0, 0.05) is 6.04 Å². The highest BCUT2D eigenvalue weighted by molar-refractivity contribution is 4.98. The number of nitrogens with two attached hydrogens (primary N) is 1. The Bertz CT molecular complexity index is 246. The van der Waals surface area contributed by atoms with Crippen LogP contribution < -0.4 is 5.73 Å². The molecule has 0 aliphatic rings. The molecule has 2 N–H and O–H groups in total. The minimum Gasteiger partial charge on any atom is -0.468 e. The Hall–Kier alpha value is -0.800. The Morgan fingerprint density at radius 1 is 1.53 bits per heavy atom. The average molecular weight is 210 g/mol. The summed E-state index contributed by atoms with van der Waals surface area (Å²) in [6.07, 6.45) is 3.98. The lowest BCUT2D eigenvalue weighted by molar-refractivity contribution is 0.185. The van der Waals surface area contributed by atoms with Gasteiger partial charge in [-0.2, -0.15) is 0 Å². The average Bonchev–Trinajstić information content (AvgIpc) is 2.75. The highest BCUT2D eigenvalue weighted by Gasteiger charge is 2.12. The summed E-state index contributed by atoms with van der Waals surface area (Å²) >= 11 is 0. The molecule has 0 fully saturated rings. The monoisotopic (exact) mass is 210 g/mol. The van der Waals surface area contributed by atoms with E-state index in [1.54, 1.807) is 6.26 Å². The molecule has 1 heterocycles. The molecule has 1 unspecified atom stereocenters. The molecular formula is C12H22N2O. The molecule has 0 amide bonds. The lowest BCUT2D eigenvalue weighted by Crippen LogP contribution is -2.32. The summed E-state index contributed by atoms with van der Waals surface area (Å²) in [5.74, 6) is 1.04. The van der Waals surface area contributed by atoms with Gasteiger partial charge in [-0.25, -0.2) is 0 Å². The zero-order valence-corrected chi connectivity index (χ0v) is 9.78. The predicted molar refractivity (Wildman–Crippen MR) is 62.5 cm³/mol. The van der Waals surface area contributed by atoms with Crippen molar-refractivity contribution in [1.82, 2.24) is 4.90 Å². The van der Waals surface area contributed by atoms with Crippen molar-refractivity contribution in [2.75, 3.05) is 13.1 Å². The molecule has 0 saturated heterocycles. The molecule has 86 valence electrons. The first-order valence-corrected chi connectivity index (χ1v) is 5.74. The van der Waals surface area contributed by atoms with Gasteiger partial charge in [0.25, 0.3) is 0 Å². The van der Waals surface area contributed by atoms with E-state index in [0.717, 1.165) is 38.2 Å². The van der Waals surface area contributed by atoms with Crippen molar-refractivity contribution >= 4 is 0 Å². The SMILES string of the molecule is CCN(Cc1ccco1)C(C)CCCN. The summed E-state index contributed by atoms with van der Waals surface area (Å²) in [5.41, 5.74) is 5.52. The van der Waals surface area contributed by atoms with E-state index in [0.29, 0.717) is 6.04 Å². The molecule has 0 aliphatic carbocycles. The topological polar surface area (TPSA) is 42.4 Å². The van der Waals surface area contributed by atoms with Crippen LogP contribution in [0.5, 0.6) is 0 Å². The van der Waals surface area contributed by atoms with Gasteiger partial charge in [-0.3, -0.25) is 4.90 Å². The molecule has 0 aromatic carbocycles. The summed E-state index contributed by atoms with van der Waals surface area (Å²) in [7, 11) is 0. The molecule has 3 nitrogen and oxygen atoms in total. The van der Waals surface area contributed by atoms with Gasteiger partial charge in [-0.15, -0.1) is 0 Å². The van der Waals surface area contributed by atoms with Crippen molar-refractivity contribution in [3.8, 4) is 0 Å². The Morgan fingerprint density at radius 2 is 2.33 bits per heavy atom. The van der Waals surface area contributed by atoms with E-state index in [4.69, 9.17) is 10.2 Å². The second-order valence-corrected chi connectivity index (χ2v) is 3.92. The maximum Gasteiger partial charge on any atom is 0.117 e. The second-order valence-electron chi connectivity index (χ2n) is 3.92. The van der Waals surface area contributed by atoms with Crippen molar-refractivity contribution in [3.63, 3.8) is 0 Å². The summed E-state index contributed by atoms with van der Waals surface area (Å²) in [4.78, 5) is 2.41. The Kier molecular flexibility index (Phi) is 5.43. The van der Waals surface area contributed by atoms with Crippen LogP contribution in [0.15, 0.2) is 22.8 Å². The smallest absolute Gasteiger partial charge is 0.117 e. The first kappa shape index (κ1) is 12.3. The summed E-state index contributed by atoms with van der Waals surface area (Å²) < 4.78 is 5.35. The molecule has 0 radical (unpaired) electrons. The zero-order chi connectivity index (χ0) is 11.1. The fraction of sp³-hybridized carbons (Fsp3) is 0.667. The number of nitrogens with zero attached hydrogens (tertiary/aromatic N) is 1. The molecular weight excluding hydrogens is 188 g/mol. The van der Waals surface area contributed by atoms with Crippen LogP contribution >= 0.6 is 0 Å². The lowest BCUT2D eigenvalue weighted by Gasteiger charge is -2.26. The fourth-order valence-electron chi connectivity index (χ4n) is 1.78. The third kappa shape index (κ3) is 4.06. The van der Waals surface area contributed by atoms with Gasteiger partial charge in [0.15, 0.2) is 0 Å². The van der Waals surface area contributed by atoms with Crippen LogP contribution in [0.25, 0.3) is 0 Å². The van der Waals surface area contributed by atoms with E-state index in [9.17, 15) is 0 Å². The number of furan rings is 1. The number of rotatable bonds is 7. The molecule has 1 atom stereocenters. The molecule has 1 aromatic heterocycles. The van der Waals surface area contributed by atoms with E-state index >= 15 is 0 Å². The zero-order valence-electron chi connectivity index (χ0n) is 9.78. The van der Waals surface area contributed by atoms with Crippen LogP contribution in [-0.4, -0.2) is 24.0 Å². The van der Waals surface area contributed by atoms with Gasteiger partial charge >= 0.3 is 0 Å². The van der Waals surface area contributed by atoms with Crippen LogP contribution in [0, 0.1) is 0 Å². The molecule has 0 bridgehead atoms. The van der Waals surface area contributed by atoms with Gasteiger partial charge in [-0.05, 0) is 45.0 Å². The molecule has 1 rings (SSSR count). The van der Waals surface area contributed by atoms with Gasteiger partial charge in [0.1, 0.15) is 5.76 Å². The van der Waals surface area contributed by atoms with Crippen LogP contribution in [0.1, 0.15) is 32.4 Å². The molecule has 0 spiro atoms. The molecule has 0 saturated carbocycles. The van der Waals surface area contributed by atoms with Gasteiger partial charge in [0.2, 0.25) is 0 Å². The van der Waals surface area contributed by atoms with Crippen LogP contribution in [0.2, 0.25) is 0 Å². The molecule has 15 heavy (non-hydrogen) atoms. The van der Waals surface area contributed by atoms with E-state index in [1.807, 2.05) is 12.1 Å². The minimum absolute atomic E-state index is 0.573. The maximum absolute atomic E-state index is 5.52. The van der Waals surface area contributed by atoms with Crippen molar-refractivity contribution in [2.24, 2.45) is 5.73 Å². The Labute approximate surface area is 92.2 Å². The molecule has 3 heteroatoms. The quantitative estimate of drug-likeness (QED) is 0.750. The third-order valence-corrected chi connectivity index (χ3v) is 2.79. The standard InChI is InChI=1S/C12H22N2O/c1-3-14(11(2)6-4-8-13)10-12-7-5-9-15-12/h5,7,9,11H,3-4,6,8,10,13H2,1-2H3. The van der Waals surface area contributed by atoms with Crippen LogP contribution in [0.3, 0.4) is 0 Å². The predicted octanol–water partition coefficient (Wildman–Crippen LogP) is 2.23. The largest absolute Gasteiger partial charge is 0.468 e. The van der Waals surface area contributed by atoms with Gasteiger partial charge in [-0.1, -0.05) is 6.92 Å². The first-order valence-electron chi connectivity index (χ1n) is 5.74. The van der Waals surface area contributed by atoms with E-state index < -0.39 is 0 Å². The maximum atomic E-state index is 5.52. The third-order valence-electron chi connectivity index (χ3n) is 2.79. The second kappa shape index (κ2) is 6.64. The molecule has 1 aromatic rings. The van der Waals surface area contributed by atoms with E-state index in [-0.39, 0.29) is 0 Å². The summed E-state index contributed by atoms with van der Waals surface area (Å²) in [6.45, 7) is 7.16. The van der Waals surface area contributed by atoms with Gasteiger partial charge < -0.3 is 10.2 Å². The fourth-order valence-corrected chi connectivity index (χ4v) is 1.78. The minimum atomic E-state index is 0.573. The first-order chi connectivity index (χ1) is 7.27. The highest BCUT2D eigenvalue weighted by Crippen LogP contribution is 2.11. The highest BCUT2D eigenvalue weighted by atomic mass is 16.3. The number of hydrogen-bond donors (Lipinski definition) is 1. The Balaban J connectivity index is 2.40. The Morgan fingerprint density at radius 3 is 2.87 bits per heavy atom. The normalized spacial score (nSPS) is 13.3. The summed E-state index contributed by atoms with van der Waals surface area (Å²) in [5, 5.41) is 0. The van der Waals surface area contributed by atoms with Crippen LogP contribution in [-0.2, 0) is 6.54 Å². The lowest BCUT2D eigenvalue weighted by atomic mass is 10.1. The molecule has 0 aliphatic heterocycles. The van der Waals surface area contributed by atoms with Crippen molar-refractivity contribution in [1.29, 1.82) is 0 Å². The van der Waals surface area contributed by atoms with Crippen molar-refractivity contribution in [2.45, 2.75) is 39.3 Å². The van der Waals surface area contributed by atoms with E-state index in [1.165, 1.54) is 0 Å². The van der Waals surface area contributed by atoms with Crippen LogP contribution in [0.4, 0.5) is 0 Å². The van der Waals surface area contributed by atoms with Gasteiger partial charge in [0.05, 0.1) is 12.8 Å². The van der Waals surface area contributed by atoms with Crippen molar-refractivity contribution in [3.05, 3.63) is 24.2 Å².